The molecule has 0 bridgehead atoms. The van der Waals surface area contributed by atoms with E-state index in [1.165, 1.54) is 0 Å². The number of nitrogens with one attached hydrogen (secondary N) is 2. The van der Waals surface area contributed by atoms with Crippen molar-refractivity contribution in [3.8, 4) is 0 Å². The average molecular weight is 280 g/mol. The van der Waals surface area contributed by atoms with Gasteiger partial charge in [0, 0.05) is 11.7 Å². The van der Waals surface area contributed by atoms with Gasteiger partial charge in [0.15, 0.2) is 9.84 Å². The SMILES string of the molecule is Nc1ccc2nc(NC3CCCS(=O)(=O)C3)[nH]c2c1. The van der Waals surface area contributed by atoms with Crippen LogP contribution in [0.15, 0.2) is 18.2 Å². The van der Waals surface area contributed by atoms with Crippen molar-refractivity contribution in [2.24, 2.45) is 0 Å². The summed E-state index contributed by atoms with van der Waals surface area (Å²) >= 11 is 0. The third-order valence-corrected chi connectivity index (χ3v) is 5.13. The fourth-order valence-electron chi connectivity index (χ4n) is 2.43. The molecule has 1 aliphatic rings. The van der Waals surface area contributed by atoms with E-state index in [4.69, 9.17) is 5.73 Å². The second-order valence-corrected chi connectivity index (χ2v) is 7.19. The van der Waals surface area contributed by atoms with Gasteiger partial charge in [-0.1, -0.05) is 0 Å². The lowest BCUT2D eigenvalue weighted by Gasteiger charge is -2.22. The number of nitrogen functional groups attached to an aromatic ring is 1. The zero-order chi connectivity index (χ0) is 13.5. The molecule has 0 saturated carbocycles. The molecule has 1 unspecified atom stereocenters. The van der Waals surface area contributed by atoms with Crippen LogP contribution in [0.4, 0.5) is 11.6 Å². The number of anilines is 2. The van der Waals surface area contributed by atoms with Crippen molar-refractivity contribution in [2.45, 2.75) is 18.9 Å². The van der Waals surface area contributed by atoms with Gasteiger partial charge in [0.25, 0.3) is 0 Å². The van der Waals surface area contributed by atoms with Crippen molar-refractivity contribution in [2.75, 3.05) is 22.6 Å². The van der Waals surface area contributed by atoms with Gasteiger partial charge in [0.2, 0.25) is 5.95 Å². The number of fused-ring (bicyclic) bond motifs is 1. The summed E-state index contributed by atoms with van der Waals surface area (Å²) in [7, 11) is -2.91. The molecule has 1 aromatic heterocycles. The lowest BCUT2D eigenvalue weighted by Crippen LogP contribution is -2.35. The fourth-order valence-corrected chi connectivity index (χ4v) is 4.06. The van der Waals surface area contributed by atoms with Crippen molar-refractivity contribution in [3.63, 3.8) is 0 Å². The largest absolute Gasteiger partial charge is 0.399 e. The Kier molecular flexibility index (Phi) is 2.85. The maximum Gasteiger partial charge on any atom is 0.201 e. The Bertz CT molecular complexity index is 708. The molecule has 1 aliphatic heterocycles. The van der Waals surface area contributed by atoms with E-state index < -0.39 is 9.84 Å². The third kappa shape index (κ3) is 2.65. The van der Waals surface area contributed by atoms with E-state index in [2.05, 4.69) is 15.3 Å². The summed E-state index contributed by atoms with van der Waals surface area (Å²) in [5.41, 5.74) is 8.04. The Morgan fingerprint density at radius 2 is 2.26 bits per heavy atom. The Morgan fingerprint density at radius 1 is 1.42 bits per heavy atom. The van der Waals surface area contributed by atoms with E-state index in [0.29, 0.717) is 23.8 Å². The number of hydrogen-bond donors (Lipinski definition) is 3. The first-order valence-electron chi connectivity index (χ1n) is 6.24. The predicted octanol–water partition coefficient (Wildman–Crippen LogP) is 1.13. The zero-order valence-corrected chi connectivity index (χ0v) is 11.2. The summed E-state index contributed by atoms with van der Waals surface area (Å²) in [5.74, 6) is 1.07. The number of hydrogen-bond acceptors (Lipinski definition) is 5. The number of imidazole rings is 1. The molecule has 0 radical (unpaired) electrons. The summed E-state index contributed by atoms with van der Waals surface area (Å²) in [6.07, 6.45) is 1.55. The average Bonchev–Trinajstić information content (AvgIpc) is 2.68. The highest BCUT2D eigenvalue weighted by molar-refractivity contribution is 7.91. The number of sulfone groups is 1. The monoisotopic (exact) mass is 280 g/mol. The summed E-state index contributed by atoms with van der Waals surface area (Å²) in [5, 5.41) is 3.16. The first-order chi connectivity index (χ1) is 9.02. The quantitative estimate of drug-likeness (QED) is 0.716. The molecular weight excluding hydrogens is 264 g/mol. The first kappa shape index (κ1) is 12.3. The van der Waals surface area contributed by atoms with Gasteiger partial charge in [0.05, 0.1) is 22.5 Å². The van der Waals surface area contributed by atoms with Crippen LogP contribution in [-0.4, -0.2) is 35.9 Å². The summed E-state index contributed by atoms with van der Waals surface area (Å²) < 4.78 is 23.2. The molecule has 4 N–H and O–H groups in total. The second-order valence-electron chi connectivity index (χ2n) is 4.96. The third-order valence-electron chi connectivity index (χ3n) is 3.31. The highest BCUT2D eigenvalue weighted by Crippen LogP contribution is 2.20. The molecule has 0 spiro atoms. The van der Waals surface area contributed by atoms with Crippen molar-refractivity contribution < 1.29 is 8.42 Å². The van der Waals surface area contributed by atoms with Gasteiger partial charge >= 0.3 is 0 Å². The van der Waals surface area contributed by atoms with Crippen molar-refractivity contribution in [1.82, 2.24) is 9.97 Å². The van der Waals surface area contributed by atoms with Gasteiger partial charge in [0.1, 0.15) is 0 Å². The first-order valence-corrected chi connectivity index (χ1v) is 8.06. The van der Waals surface area contributed by atoms with E-state index in [1.807, 2.05) is 12.1 Å². The summed E-state index contributed by atoms with van der Waals surface area (Å²) in [6, 6.07) is 5.37. The smallest absolute Gasteiger partial charge is 0.201 e. The van der Waals surface area contributed by atoms with Crippen LogP contribution in [0.25, 0.3) is 11.0 Å². The van der Waals surface area contributed by atoms with E-state index in [1.54, 1.807) is 6.07 Å². The molecule has 1 fully saturated rings. The topological polar surface area (TPSA) is 101 Å². The van der Waals surface area contributed by atoms with Crippen molar-refractivity contribution in [3.05, 3.63) is 18.2 Å². The van der Waals surface area contributed by atoms with E-state index in [9.17, 15) is 8.42 Å². The highest BCUT2D eigenvalue weighted by Gasteiger charge is 2.25. The molecule has 1 atom stereocenters. The molecule has 3 rings (SSSR count). The van der Waals surface area contributed by atoms with Crippen LogP contribution in [-0.2, 0) is 9.84 Å². The van der Waals surface area contributed by atoms with Crippen LogP contribution < -0.4 is 11.1 Å². The fraction of sp³-hybridized carbons (Fsp3) is 0.417. The van der Waals surface area contributed by atoms with Crippen LogP contribution in [0, 0.1) is 0 Å². The Hall–Kier alpha value is -1.76. The zero-order valence-electron chi connectivity index (χ0n) is 10.4. The lowest BCUT2D eigenvalue weighted by molar-refractivity contribution is 0.561. The molecule has 6 nitrogen and oxygen atoms in total. The second kappa shape index (κ2) is 4.41. The minimum absolute atomic E-state index is 0.0725. The van der Waals surface area contributed by atoms with Crippen LogP contribution >= 0.6 is 0 Å². The molecular formula is C12H16N4O2S. The summed E-state index contributed by atoms with van der Waals surface area (Å²) in [6.45, 7) is 0. The number of H-pyrrole nitrogens is 1. The molecule has 0 amide bonds. The van der Waals surface area contributed by atoms with Crippen LogP contribution in [0.2, 0.25) is 0 Å². The number of nitrogens with zero attached hydrogens (tertiary/aromatic N) is 1. The highest BCUT2D eigenvalue weighted by atomic mass is 32.2. The van der Waals surface area contributed by atoms with Crippen LogP contribution in [0.1, 0.15) is 12.8 Å². The molecule has 102 valence electrons. The van der Waals surface area contributed by atoms with Gasteiger partial charge in [-0.25, -0.2) is 13.4 Å². The maximum absolute atomic E-state index is 11.6. The molecule has 19 heavy (non-hydrogen) atoms. The molecule has 2 aromatic rings. The standard InChI is InChI=1S/C12H16N4O2S/c13-8-3-4-10-11(6-8)16-12(15-10)14-9-2-1-5-19(17,18)7-9/h3-4,6,9H,1-2,5,7,13H2,(H2,14,15,16). The maximum atomic E-state index is 11.6. The molecule has 2 heterocycles. The number of aromatic amines is 1. The molecule has 7 heteroatoms. The van der Waals surface area contributed by atoms with Crippen molar-refractivity contribution >= 4 is 32.5 Å². The van der Waals surface area contributed by atoms with E-state index in [-0.39, 0.29) is 11.8 Å². The van der Waals surface area contributed by atoms with Crippen LogP contribution in [0.5, 0.6) is 0 Å². The van der Waals surface area contributed by atoms with Gasteiger partial charge < -0.3 is 16.0 Å². The number of aromatic nitrogens is 2. The Balaban J connectivity index is 1.81. The van der Waals surface area contributed by atoms with E-state index >= 15 is 0 Å². The number of nitrogens with two attached hydrogens (primary N) is 1. The summed E-state index contributed by atoms with van der Waals surface area (Å²) in [4.78, 5) is 7.49. The molecule has 1 aromatic carbocycles. The van der Waals surface area contributed by atoms with Crippen molar-refractivity contribution in [1.29, 1.82) is 0 Å². The van der Waals surface area contributed by atoms with Gasteiger partial charge in [-0.05, 0) is 31.0 Å². The van der Waals surface area contributed by atoms with Gasteiger partial charge in [-0.3, -0.25) is 0 Å². The van der Waals surface area contributed by atoms with Crippen LogP contribution in [0.3, 0.4) is 0 Å². The normalized spacial score (nSPS) is 22.4. The Labute approximate surface area is 111 Å². The molecule has 0 aliphatic carbocycles. The molecule has 1 saturated heterocycles. The number of rotatable bonds is 2. The predicted molar refractivity (Wildman–Crippen MR) is 75.8 cm³/mol. The van der Waals surface area contributed by atoms with Gasteiger partial charge in [-0.15, -0.1) is 0 Å². The van der Waals surface area contributed by atoms with E-state index in [0.717, 1.165) is 17.5 Å². The Morgan fingerprint density at radius 3 is 3.05 bits per heavy atom. The minimum Gasteiger partial charge on any atom is -0.399 e. The van der Waals surface area contributed by atoms with Gasteiger partial charge in [-0.2, -0.15) is 0 Å². The number of benzene rings is 1. The minimum atomic E-state index is -2.91. The lowest BCUT2D eigenvalue weighted by atomic mass is 10.2.